The predicted octanol–water partition coefficient (Wildman–Crippen LogP) is 4.45. The molecule has 0 aliphatic heterocycles. The van der Waals surface area contributed by atoms with Crippen LogP contribution in [0.1, 0.15) is 16.1 Å². The number of benzene rings is 2. The van der Waals surface area contributed by atoms with E-state index in [2.05, 4.69) is 15.3 Å². The average molecular weight is 366 g/mol. The minimum atomic E-state index is -0.254. The van der Waals surface area contributed by atoms with Gasteiger partial charge in [0.25, 0.3) is 5.91 Å². The Morgan fingerprint density at radius 3 is 2.88 bits per heavy atom. The molecule has 6 heteroatoms. The lowest BCUT2D eigenvalue weighted by Gasteiger charge is -2.05. The Kier molecular flexibility index (Phi) is 4.46. The van der Waals surface area contributed by atoms with Crippen molar-refractivity contribution in [1.29, 1.82) is 0 Å². The quantitative estimate of drug-likeness (QED) is 0.549. The Balaban J connectivity index is 1.45. The van der Waals surface area contributed by atoms with E-state index >= 15 is 0 Å². The second kappa shape index (κ2) is 7.06. The molecular formula is C20H16ClN3O2. The highest BCUT2D eigenvalue weighted by Crippen LogP contribution is 2.24. The van der Waals surface area contributed by atoms with Gasteiger partial charge in [-0.05, 0) is 30.2 Å². The first-order chi connectivity index (χ1) is 12.7. The molecule has 0 spiro atoms. The summed E-state index contributed by atoms with van der Waals surface area (Å²) in [6, 6.07) is 15.2. The van der Waals surface area contributed by atoms with Gasteiger partial charge in [-0.15, -0.1) is 0 Å². The van der Waals surface area contributed by atoms with E-state index in [4.69, 9.17) is 16.0 Å². The maximum Gasteiger partial charge on any atom is 0.273 e. The number of carbonyl (C=O) groups is 1. The van der Waals surface area contributed by atoms with Gasteiger partial charge in [-0.25, -0.2) is 4.98 Å². The van der Waals surface area contributed by atoms with Gasteiger partial charge in [-0.3, -0.25) is 4.79 Å². The molecule has 0 aliphatic carbocycles. The van der Waals surface area contributed by atoms with E-state index in [-0.39, 0.29) is 11.6 Å². The van der Waals surface area contributed by atoms with E-state index in [0.29, 0.717) is 23.7 Å². The largest absolute Gasteiger partial charge is 0.443 e. The number of oxazole rings is 1. The maximum absolute atomic E-state index is 12.5. The summed E-state index contributed by atoms with van der Waals surface area (Å²) < 4.78 is 5.40. The zero-order valence-electron chi connectivity index (χ0n) is 13.8. The molecule has 0 fully saturated rings. The number of fused-ring (bicyclic) bond motifs is 1. The zero-order valence-corrected chi connectivity index (χ0v) is 14.6. The number of carbonyl (C=O) groups excluding carboxylic acids is 1. The summed E-state index contributed by atoms with van der Waals surface area (Å²) in [5, 5.41) is 4.66. The molecule has 2 aromatic carbocycles. The van der Waals surface area contributed by atoms with Crippen LogP contribution in [0.15, 0.2) is 65.5 Å². The first-order valence-corrected chi connectivity index (χ1v) is 8.63. The first kappa shape index (κ1) is 16.4. The van der Waals surface area contributed by atoms with E-state index in [1.165, 1.54) is 6.39 Å². The Hall–Kier alpha value is -3.05. The standard InChI is InChI=1S/C20H16ClN3O2/c21-15-6-7-17-16(10-15)14(11-23-17)8-9-22-20(25)18-19(26-12-24-18)13-4-2-1-3-5-13/h1-7,10-12,23H,8-9H2,(H,22,25). The van der Waals surface area contributed by atoms with Gasteiger partial charge in [0.1, 0.15) is 0 Å². The molecule has 0 aliphatic rings. The molecule has 1 amide bonds. The molecule has 2 aromatic heterocycles. The van der Waals surface area contributed by atoms with Crippen LogP contribution >= 0.6 is 11.6 Å². The van der Waals surface area contributed by atoms with E-state index in [0.717, 1.165) is 22.0 Å². The van der Waals surface area contributed by atoms with Gasteiger partial charge in [0.15, 0.2) is 17.8 Å². The SMILES string of the molecule is O=C(NCCc1c[nH]c2ccc(Cl)cc12)c1ncoc1-c1ccccc1. The van der Waals surface area contributed by atoms with Gasteiger partial charge in [0.05, 0.1) is 0 Å². The molecule has 0 saturated carbocycles. The van der Waals surface area contributed by atoms with Crippen LogP contribution in [-0.4, -0.2) is 22.4 Å². The van der Waals surface area contributed by atoms with E-state index < -0.39 is 0 Å². The third-order valence-corrected chi connectivity index (χ3v) is 4.46. The van der Waals surface area contributed by atoms with Gasteiger partial charge in [-0.2, -0.15) is 0 Å². The summed E-state index contributed by atoms with van der Waals surface area (Å²) in [6.07, 6.45) is 3.92. The molecule has 0 bridgehead atoms. The van der Waals surface area contributed by atoms with E-state index in [1.807, 2.05) is 54.7 Å². The highest BCUT2D eigenvalue weighted by Gasteiger charge is 2.17. The molecule has 0 saturated heterocycles. The number of aromatic amines is 1. The molecule has 0 unspecified atom stereocenters. The predicted molar refractivity (Wildman–Crippen MR) is 101 cm³/mol. The molecule has 0 atom stereocenters. The molecule has 0 radical (unpaired) electrons. The normalized spacial score (nSPS) is 11.0. The van der Waals surface area contributed by atoms with Gasteiger partial charge in [0.2, 0.25) is 0 Å². The van der Waals surface area contributed by atoms with Gasteiger partial charge in [0, 0.05) is 34.2 Å². The highest BCUT2D eigenvalue weighted by molar-refractivity contribution is 6.31. The summed E-state index contributed by atoms with van der Waals surface area (Å²) >= 11 is 6.07. The lowest BCUT2D eigenvalue weighted by Crippen LogP contribution is -2.26. The lowest BCUT2D eigenvalue weighted by atomic mass is 10.1. The molecule has 4 rings (SSSR count). The maximum atomic E-state index is 12.5. The molecule has 2 heterocycles. The van der Waals surface area contributed by atoms with Crippen LogP contribution < -0.4 is 5.32 Å². The van der Waals surface area contributed by atoms with Crippen LogP contribution in [0.5, 0.6) is 0 Å². The summed E-state index contributed by atoms with van der Waals surface area (Å²) in [6.45, 7) is 0.486. The van der Waals surface area contributed by atoms with Gasteiger partial charge >= 0.3 is 0 Å². The zero-order chi connectivity index (χ0) is 17.9. The molecule has 5 nitrogen and oxygen atoms in total. The monoisotopic (exact) mass is 365 g/mol. The second-order valence-corrected chi connectivity index (χ2v) is 6.34. The Morgan fingerprint density at radius 1 is 1.19 bits per heavy atom. The minimum Gasteiger partial charge on any atom is -0.443 e. The summed E-state index contributed by atoms with van der Waals surface area (Å²) in [7, 11) is 0. The summed E-state index contributed by atoms with van der Waals surface area (Å²) in [5.74, 6) is 0.220. The number of rotatable bonds is 5. The smallest absolute Gasteiger partial charge is 0.273 e. The summed E-state index contributed by atoms with van der Waals surface area (Å²) in [4.78, 5) is 19.8. The molecular weight excluding hydrogens is 350 g/mol. The van der Waals surface area contributed by atoms with Crippen molar-refractivity contribution in [3.05, 3.63) is 77.4 Å². The van der Waals surface area contributed by atoms with Crippen LogP contribution in [0.25, 0.3) is 22.2 Å². The highest BCUT2D eigenvalue weighted by atomic mass is 35.5. The number of hydrogen-bond acceptors (Lipinski definition) is 3. The number of halogens is 1. The third kappa shape index (κ3) is 3.21. The van der Waals surface area contributed by atoms with E-state index in [1.54, 1.807) is 0 Å². The van der Waals surface area contributed by atoms with Crippen molar-refractivity contribution >= 4 is 28.4 Å². The van der Waals surface area contributed by atoms with Crippen molar-refractivity contribution in [2.24, 2.45) is 0 Å². The van der Waals surface area contributed by atoms with Crippen LogP contribution in [0.4, 0.5) is 0 Å². The Labute approximate surface area is 155 Å². The van der Waals surface area contributed by atoms with Crippen LogP contribution in [-0.2, 0) is 6.42 Å². The van der Waals surface area contributed by atoms with E-state index in [9.17, 15) is 4.79 Å². The minimum absolute atomic E-state index is 0.254. The fourth-order valence-corrected chi connectivity index (χ4v) is 3.13. The summed E-state index contributed by atoms with van der Waals surface area (Å²) in [5.41, 5.74) is 3.24. The van der Waals surface area contributed by atoms with Crippen LogP contribution in [0, 0.1) is 0 Å². The lowest BCUT2D eigenvalue weighted by molar-refractivity contribution is 0.0950. The fourth-order valence-electron chi connectivity index (χ4n) is 2.95. The van der Waals surface area contributed by atoms with Crippen molar-refractivity contribution in [2.45, 2.75) is 6.42 Å². The molecule has 26 heavy (non-hydrogen) atoms. The van der Waals surface area contributed by atoms with Crippen molar-refractivity contribution in [3.63, 3.8) is 0 Å². The topological polar surface area (TPSA) is 70.9 Å². The molecule has 2 N–H and O–H groups in total. The molecule has 4 aromatic rings. The van der Waals surface area contributed by atoms with Crippen LogP contribution in [0.3, 0.4) is 0 Å². The van der Waals surface area contributed by atoms with Gasteiger partial charge < -0.3 is 14.7 Å². The fraction of sp³-hybridized carbons (Fsp3) is 0.100. The van der Waals surface area contributed by atoms with Gasteiger partial charge in [-0.1, -0.05) is 41.9 Å². The second-order valence-electron chi connectivity index (χ2n) is 5.91. The number of amides is 1. The molecule has 130 valence electrons. The van der Waals surface area contributed by atoms with Crippen LogP contribution in [0.2, 0.25) is 5.02 Å². The Bertz CT molecular complexity index is 1050. The average Bonchev–Trinajstić information content (AvgIpc) is 3.30. The number of nitrogens with one attached hydrogen (secondary N) is 2. The number of nitrogens with zero attached hydrogens (tertiary/aromatic N) is 1. The Morgan fingerprint density at radius 2 is 2.04 bits per heavy atom. The number of hydrogen-bond donors (Lipinski definition) is 2. The first-order valence-electron chi connectivity index (χ1n) is 8.25. The van der Waals surface area contributed by atoms with Crippen molar-refractivity contribution in [3.8, 4) is 11.3 Å². The van der Waals surface area contributed by atoms with Crippen molar-refractivity contribution in [2.75, 3.05) is 6.54 Å². The van der Waals surface area contributed by atoms with Crippen molar-refractivity contribution in [1.82, 2.24) is 15.3 Å². The third-order valence-electron chi connectivity index (χ3n) is 4.23. The van der Waals surface area contributed by atoms with Crippen molar-refractivity contribution < 1.29 is 9.21 Å². The number of aromatic nitrogens is 2. The number of H-pyrrole nitrogens is 1.